The van der Waals surface area contributed by atoms with Gasteiger partial charge in [-0.25, -0.2) is 0 Å². The standard InChI is InChI=1S/C20H16ClN3O2S2/c1-25-17-5-3-2-4-15(17)19-23-24-20(26-19)28-11-10-27-18-8-9-22-16-12-13(21)6-7-14(16)18/h2-9,12H,10-11H2,1H3. The minimum absolute atomic E-state index is 0.463. The molecule has 2 heterocycles. The summed E-state index contributed by atoms with van der Waals surface area (Å²) in [5.74, 6) is 2.92. The minimum Gasteiger partial charge on any atom is -0.496 e. The van der Waals surface area contributed by atoms with Gasteiger partial charge < -0.3 is 9.15 Å². The molecule has 0 saturated heterocycles. The summed E-state index contributed by atoms with van der Waals surface area (Å²) < 4.78 is 11.1. The third kappa shape index (κ3) is 4.27. The number of halogens is 1. The maximum absolute atomic E-state index is 6.05. The van der Waals surface area contributed by atoms with E-state index in [4.69, 9.17) is 20.8 Å². The molecule has 0 aliphatic heterocycles. The Bertz CT molecular complexity index is 1100. The van der Waals surface area contributed by atoms with Crippen molar-refractivity contribution >= 4 is 46.0 Å². The molecule has 5 nitrogen and oxygen atoms in total. The van der Waals surface area contributed by atoms with Crippen molar-refractivity contribution in [3.05, 3.63) is 59.8 Å². The molecule has 2 aromatic heterocycles. The van der Waals surface area contributed by atoms with Crippen molar-refractivity contribution < 1.29 is 9.15 Å². The summed E-state index contributed by atoms with van der Waals surface area (Å²) in [5, 5.41) is 10.6. The Kier molecular flexibility index (Phi) is 6.04. The quantitative estimate of drug-likeness (QED) is 0.270. The number of hydrogen-bond donors (Lipinski definition) is 0. The van der Waals surface area contributed by atoms with Gasteiger partial charge in [-0.3, -0.25) is 4.98 Å². The molecule has 0 bridgehead atoms. The second kappa shape index (κ2) is 8.86. The number of methoxy groups -OCH3 is 1. The molecule has 0 N–H and O–H groups in total. The van der Waals surface area contributed by atoms with Crippen LogP contribution in [0.4, 0.5) is 0 Å². The van der Waals surface area contributed by atoms with E-state index in [2.05, 4.69) is 15.2 Å². The highest BCUT2D eigenvalue weighted by Crippen LogP contribution is 2.32. The Morgan fingerprint density at radius 2 is 1.89 bits per heavy atom. The summed E-state index contributed by atoms with van der Waals surface area (Å²) in [6.45, 7) is 0. The van der Waals surface area contributed by atoms with E-state index < -0.39 is 0 Å². The number of nitrogens with zero attached hydrogens (tertiary/aromatic N) is 3. The zero-order chi connectivity index (χ0) is 19.3. The van der Waals surface area contributed by atoms with Gasteiger partial charge in [-0.1, -0.05) is 41.6 Å². The zero-order valence-electron chi connectivity index (χ0n) is 15.0. The van der Waals surface area contributed by atoms with Gasteiger partial charge in [0.2, 0.25) is 0 Å². The highest BCUT2D eigenvalue weighted by atomic mass is 35.5. The molecule has 0 amide bonds. The Balaban J connectivity index is 1.37. The third-order valence-corrected chi connectivity index (χ3v) is 6.36. The molecule has 0 spiro atoms. The first kappa shape index (κ1) is 19.1. The summed E-state index contributed by atoms with van der Waals surface area (Å²) in [6, 6.07) is 15.4. The smallest absolute Gasteiger partial charge is 0.276 e. The molecule has 2 aromatic carbocycles. The SMILES string of the molecule is COc1ccccc1-c1nnc(SCCSc2ccnc3cc(Cl)ccc23)o1. The van der Waals surface area contributed by atoms with Crippen LogP contribution >= 0.6 is 35.1 Å². The first-order valence-electron chi connectivity index (χ1n) is 8.51. The lowest BCUT2D eigenvalue weighted by Gasteiger charge is -2.05. The summed E-state index contributed by atoms with van der Waals surface area (Å²) in [5.41, 5.74) is 1.70. The lowest BCUT2D eigenvalue weighted by molar-refractivity contribution is 0.411. The maximum atomic E-state index is 6.05. The summed E-state index contributed by atoms with van der Waals surface area (Å²) >= 11 is 9.36. The van der Waals surface area contributed by atoms with Gasteiger partial charge >= 0.3 is 0 Å². The van der Waals surface area contributed by atoms with Gasteiger partial charge in [0.1, 0.15) is 5.75 Å². The van der Waals surface area contributed by atoms with Gasteiger partial charge in [0.15, 0.2) is 0 Å². The van der Waals surface area contributed by atoms with Crippen molar-refractivity contribution in [1.82, 2.24) is 15.2 Å². The molecule has 0 unspecified atom stereocenters. The topological polar surface area (TPSA) is 61.0 Å². The van der Waals surface area contributed by atoms with E-state index >= 15 is 0 Å². The van der Waals surface area contributed by atoms with E-state index in [-0.39, 0.29) is 0 Å². The molecule has 0 aliphatic carbocycles. The van der Waals surface area contributed by atoms with Crippen LogP contribution in [0.2, 0.25) is 5.02 Å². The molecule has 0 saturated carbocycles. The van der Waals surface area contributed by atoms with Gasteiger partial charge in [-0.15, -0.1) is 22.0 Å². The van der Waals surface area contributed by atoms with E-state index in [0.717, 1.165) is 28.0 Å². The average molecular weight is 430 g/mol. The van der Waals surface area contributed by atoms with Crippen LogP contribution in [-0.4, -0.2) is 33.8 Å². The molecule has 4 aromatic rings. The molecular weight excluding hydrogens is 414 g/mol. The minimum atomic E-state index is 0.463. The number of ether oxygens (including phenoxy) is 1. The van der Waals surface area contributed by atoms with E-state index in [1.165, 1.54) is 16.7 Å². The average Bonchev–Trinajstić information content (AvgIpc) is 3.19. The Morgan fingerprint density at radius 3 is 2.79 bits per heavy atom. The fourth-order valence-corrected chi connectivity index (χ4v) is 4.65. The number of pyridine rings is 1. The molecular formula is C20H16ClN3O2S2. The first-order valence-corrected chi connectivity index (χ1v) is 10.9. The highest BCUT2D eigenvalue weighted by Gasteiger charge is 2.13. The van der Waals surface area contributed by atoms with Crippen molar-refractivity contribution in [2.45, 2.75) is 10.1 Å². The largest absolute Gasteiger partial charge is 0.496 e. The van der Waals surface area contributed by atoms with Crippen LogP contribution in [-0.2, 0) is 0 Å². The molecule has 0 aliphatic rings. The van der Waals surface area contributed by atoms with Gasteiger partial charge in [0.05, 0.1) is 18.2 Å². The van der Waals surface area contributed by atoms with Crippen LogP contribution in [0.1, 0.15) is 0 Å². The second-order valence-corrected chi connectivity index (χ2v) is 8.36. The fourth-order valence-electron chi connectivity index (χ4n) is 2.70. The predicted octanol–water partition coefficient (Wildman–Crippen LogP) is 5.83. The number of fused-ring (bicyclic) bond motifs is 1. The number of para-hydroxylation sites is 1. The second-order valence-electron chi connectivity index (χ2n) is 5.74. The van der Waals surface area contributed by atoms with Crippen LogP contribution in [0.3, 0.4) is 0 Å². The lowest BCUT2D eigenvalue weighted by Crippen LogP contribution is -1.87. The van der Waals surface area contributed by atoms with Crippen LogP contribution in [0.15, 0.2) is 69.3 Å². The molecule has 142 valence electrons. The van der Waals surface area contributed by atoms with Crippen molar-refractivity contribution in [3.8, 4) is 17.2 Å². The lowest BCUT2D eigenvalue weighted by atomic mass is 10.2. The summed E-state index contributed by atoms with van der Waals surface area (Å²) in [4.78, 5) is 5.56. The number of aromatic nitrogens is 3. The Hall–Kier alpha value is -2.22. The first-order chi connectivity index (χ1) is 13.7. The van der Waals surface area contributed by atoms with Crippen molar-refractivity contribution in [2.24, 2.45) is 0 Å². The van der Waals surface area contributed by atoms with Crippen LogP contribution in [0.5, 0.6) is 5.75 Å². The van der Waals surface area contributed by atoms with E-state index in [0.29, 0.717) is 21.9 Å². The van der Waals surface area contributed by atoms with Crippen molar-refractivity contribution in [1.29, 1.82) is 0 Å². The van der Waals surface area contributed by atoms with E-state index in [9.17, 15) is 0 Å². The highest BCUT2D eigenvalue weighted by molar-refractivity contribution is 8.03. The number of rotatable bonds is 7. The summed E-state index contributed by atoms with van der Waals surface area (Å²) in [6.07, 6.45) is 1.81. The Labute approximate surface area is 175 Å². The monoisotopic (exact) mass is 429 g/mol. The molecule has 8 heteroatoms. The molecule has 0 fully saturated rings. The van der Waals surface area contributed by atoms with Gasteiger partial charge in [-0.05, 0) is 30.3 Å². The summed E-state index contributed by atoms with van der Waals surface area (Å²) in [7, 11) is 1.62. The Morgan fingerprint density at radius 1 is 1.04 bits per heavy atom. The molecule has 28 heavy (non-hydrogen) atoms. The third-order valence-electron chi connectivity index (χ3n) is 3.98. The molecule has 0 atom stereocenters. The van der Waals surface area contributed by atoms with Crippen molar-refractivity contribution in [3.63, 3.8) is 0 Å². The van der Waals surface area contributed by atoms with Crippen molar-refractivity contribution in [2.75, 3.05) is 18.6 Å². The normalized spacial score (nSPS) is 11.1. The number of benzene rings is 2. The van der Waals surface area contributed by atoms with E-state index in [1.807, 2.05) is 54.7 Å². The number of thioether (sulfide) groups is 2. The van der Waals surface area contributed by atoms with Gasteiger partial charge in [-0.2, -0.15) is 0 Å². The molecule has 4 rings (SSSR count). The van der Waals surface area contributed by atoms with Crippen LogP contribution < -0.4 is 4.74 Å². The fraction of sp³-hybridized carbons (Fsp3) is 0.150. The maximum Gasteiger partial charge on any atom is 0.276 e. The van der Waals surface area contributed by atoms with Crippen LogP contribution in [0, 0.1) is 0 Å². The van der Waals surface area contributed by atoms with Gasteiger partial charge in [0.25, 0.3) is 11.1 Å². The van der Waals surface area contributed by atoms with Crippen LogP contribution in [0.25, 0.3) is 22.4 Å². The predicted molar refractivity (Wildman–Crippen MR) is 114 cm³/mol. The van der Waals surface area contributed by atoms with E-state index in [1.54, 1.807) is 18.9 Å². The van der Waals surface area contributed by atoms with Gasteiger partial charge in [0, 0.05) is 33.0 Å². The zero-order valence-corrected chi connectivity index (χ0v) is 17.4. The molecule has 0 radical (unpaired) electrons. The number of hydrogen-bond acceptors (Lipinski definition) is 7.